The molecule has 0 spiro atoms. The molecule has 0 heterocycles. The summed E-state index contributed by atoms with van der Waals surface area (Å²) in [5, 5.41) is 0. The molecule has 0 saturated heterocycles. The second-order valence-electron chi connectivity index (χ2n) is 5.22. The first-order valence-electron chi connectivity index (χ1n) is 5.64. The van der Waals surface area contributed by atoms with Gasteiger partial charge in [-0.05, 0) is 25.2 Å². The van der Waals surface area contributed by atoms with Crippen molar-refractivity contribution in [2.75, 3.05) is 7.11 Å². The number of esters is 1. The predicted octanol–water partition coefficient (Wildman–Crippen LogP) is 2.50. The van der Waals surface area contributed by atoms with E-state index in [0.29, 0.717) is 6.42 Å². The van der Waals surface area contributed by atoms with Crippen molar-refractivity contribution in [1.29, 1.82) is 0 Å². The number of ether oxygens (including phenoxy) is 1. The minimum absolute atomic E-state index is 0.104. The number of hydrogen-bond acceptors (Lipinski definition) is 3. The highest BCUT2D eigenvalue weighted by Crippen LogP contribution is 2.48. The van der Waals surface area contributed by atoms with Crippen LogP contribution < -0.4 is 0 Å². The van der Waals surface area contributed by atoms with Crippen LogP contribution in [0.5, 0.6) is 0 Å². The Morgan fingerprint density at radius 2 is 2.00 bits per heavy atom. The molecule has 0 N–H and O–H groups in total. The molecule has 1 aliphatic rings. The maximum atomic E-state index is 12.0. The van der Waals surface area contributed by atoms with Gasteiger partial charge in [-0.25, -0.2) is 4.79 Å². The SMILES string of the molecule is COC(=O)/C=C/C1(C)C(=O)CCCC1(C)C. The lowest BCUT2D eigenvalue weighted by Gasteiger charge is -2.44. The third kappa shape index (κ3) is 2.18. The molecule has 1 rings (SSSR count). The zero-order valence-corrected chi connectivity index (χ0v) is 10.5. The standard InChI is InChI=1S/C13H20O3/c1-12(2)8-5-6-10(14)13(12,3)9-7-11(15)16-4/h7,9H,5-6,8H2,1-4H3/b9-7+. The molecular weight excluding hydrogens is 204 g/mol. The van der Waals surface area contributed by atoms with Crippen molar-refractivity contribution in [2.45, 2.75) is 40.0 Å². The summed E-state index contributed by atoms with van der Waals surface area (Å²) >= 11 is 0. The topological polar surface area (TPSA) is 43.4 Å². The Morgan fingerprint density at radius 3 is 2.50 bits per heavy atom. The molecule has 1 unspecified atom stereocenters. The first kappa shape index (κ1) is 12.9. The lowest BCUT2D eigenvalue weighted by Crippen LogP contribution is -2.44. The van der Waals surface area contributed by atoms with Crippen molar-refractivity contribution >= 4 is 11.8 Å². The van der Waals surface area contributed by atoms with Gasteiger partial charge in [0.25, 0.3) is 0 Å². The van der Waals surface area contributed by atoms with Gasteiger partial charge >= 0.3 is 5.97 Å². The largest absolute Gasteiger partial charge is 0.466 e. The first-order chi connectivity index (χ1) is 7.33. The Balaban J connectivity index is 2.98. The Hall–Kier alpha value is -1.12. The fourth-order valence-electron chi connectivity index (χ4n) is 2.21. The van der Waals surface area contributed by atoms with E-state index in [1.165, 1.54) is 13.2 Å². The monoisotopic (exact) mass is 224 g/mol. The molecule has 1 atom stereocenters. The maximum Gasteiger partial charge on any atom is 0.330 e. The Labute approximate surface area is 96.9 Å². The van der Waals surface area contributed by atoms with Crippen LogP contribution in [0.3, 0.4) is 0 Å². The normalized spacial score (nSPS) is 29.4. The first-order valence-corrected chi connectivity index (χ1v) is 5.64. The molecule has 3 nitrogen and oxygen atoms in total. The van der Waals surface area contributed by atoms with E-state index in [9.17, 15) is 9.59 Å². The summed E-state index contributed by atoms with van der Waals surface area (Å²) in [7, 11) is 1.34. The lowest BCUT2D eigenvalue weighted by atomic mass is 9.58. The molecule has 0 amide bonds. The van der Waals surface area contributed by atoms with Gasteiger partial charge in [-0.2, -0.15) is 0 Å². The zero-order valence-electron chi connectivity index (χ0n) is 10.5. The van der Waals surface area contributed by atoms with Crippen LogP contribution in [0, 0.1) is 10.8 Å². The summed E-state index contributed by atoms with van der Waals surface area (Å²) < 4.78 is 4.55. The van der Waals surface area contributed by atoms with E-state index < -0.39 is 11.4 Å². The van der Waals surface area contributed by atoms with Gasteiger partial charge < -0.3 is 4.74 Å². The number of Topliss-reactive ketones (excluding diaryl/α,β-unsaturated/α-hetero) is 1. The second-order valence-corrected chi connectivity index (χ2v) is 5.22. The van der Waals surface area contributed by atoms with Gasteiger partial charge in [-0.15, -0.1) is 0 Å². The van der Waals surface area contributed by atoms with Crippen molar-refractivity contribution in [3.05, 3.63) is 12.2 Å². The summed E-state index contributed by atoms with van der Waals surface area (Å²) in [6.45, 7) is 6.06. The van der Waals surface area contributed by atoms with Crippen molar-refractivity contribution in [3.8, 4) is 0 Å². The third-order valence-corrected chi connectivity index (χ3v) is 3.94. The van der Waals surface area contributed by atoms with E-state index in [0.717, 1.165) is 12.8 Å². The Kier molecular flexibility index (Phi) is 3.56. The Bertz CT molecular complexity index is 328. The molecule has 1 aliphatic carbocycles. The second kappa shape index (κ2) is 4.40. The summed E-state index contributed by atoms with van der Waals surface area (Å²) in [6, 6.07) is 0. The molecule has 90 valence electrons. The average Bonchev–Trinajstić information content (AvgIpc) is 2.22. The van der Waals surface area contributed by atoms with Gasteiger partial charge in [0, 0.05) is 17.9 Å². The lowest BCUT2D eigenvalue weighted by molar-refractivity contribution is -0.135. The van der Waals surface area contributed by atoms with Crippen molar-refractivity contribution < 1.29 is 14.3 Å². The van der Waals surface area contributed by atoms with Crippen LogP contribution in [-0.2, 0) is 14.3 Å². The van der Waals surface area contributed by atoms with Crippen molar-refractivity contribution in [2.24, 2.45) is 10.8 Å². The van der Waals surface area contributed by atoms with Gasteiger partial charge in [0.15, 0.2) is 0 Å². The van der Waals surface area contributed by atoms with E-state index in [-0.39, 0.29) is 11.2 Å². The molecule has 3 heteroatoms. The molecule has 0 aromatic rings. The third-order valence-electron chi connectivity index (χ3n) is 3.94. The molecule has 0 aromatic heterocycles. The smallest absolute Gasteiger partial charge is 0.330 e. The van der Waals surface area contributed by atoms with E-state index in [1.54, 1.807) is 6.08 Å². The van der Waals surface area contributed by atoms with Crippen molar-refractivity contribution in [3.63, 3.8) is 0 Å². The quantitative estimate of drug-likeness (QED) is 0.534. The molecule has 16 heavy (non-hydrogen) atoms. The summed E-state index contributed by atoms with van der Waals surface area (Å²) in [5.74, 6) is -0.195. The van der Waals surface area contributed by atoms with Crippen LogP contribution >= 0.6 is 0 Å². The fraction of sp³-hybridized carbons (Fsp3) is 0.692. The molecule has 1 fully saturated rings. The highest BCUT2D eigenvalue weighted by molar-refractivity contribution is 5.90. The van der Waals surface area contributed by atoms with Gasteiger partial charge in [0.1, 0.15) is 5.78 Å². The molecule has 0 bridgehead atoms. The highest BCUT2D eigenvalue weighted by Gasteiger charge is 2.46. The van der Waals surface area contributed by atoms with E-state index in [2.05, 4.69) is 18.6 Å². The maximum absolute atomic E-state index is 12.0. The zero-order chi connectivity index (χ0) is 12.4. The minimum atomic E-state index is -0.556. The van der Waals surface area contributed by atoms with Crippen LogP contribution in [-0.4, -0.2) is 18.9 Å². The molecule has 1 saturated carbocycles. The average molecular weight is 224 g/mol. The number of hydrogen-bond donors (Lipinski definition) is 0. The molecule has 0 aliphatic heterocycles. The van der Waals surface area contributed by atoms with Crippen LogP contribution in [0.25, 0.3) is 0 Å². The minimum Gasteiger partial charge on any atom is -0.466 e. The van der Waals surface area contributed by atoms with E-state index in [1.807, 2.05) is 6.92 Å². The van der Waals surface area contributed by atoms with Crippen LogP contribution in [0.1, 0.15) is 40.0 Å². The Morgan fingerprint density at radius 1 is 1.38 bits per heavy atom. The summed E-state index contributed by atoms with van der Waals surface area (Å²) in [4.78, 5) is 23.1. The number of ketones is 1. The highest BCUT2D eigenvalue weighted by atomic mass is 16.5. The summed E-state index contributed by atoms with van der Waals surface area (Å²) in [6.07, 6.45) is 5.62. The van der Waals surface area contributed by atoms with Crippen molar-refractivity contribution in [1.82, 2.24) is 0 Å². The number of carbonyl (C=O) groups excluding carboxylic acids is 2. The van der Waals surface area contributed by atoms with Gasteiger partial charge in [0.05, 0.1) is 7.11 Å². The molecule has 0 aromatic carbocycles. The fourth-order valence-corrected chi connectivity index (χ4v) is 2.21. The number of allylic oxidation sites excluding steroid dienone is 1. The van der Waals surface area contributed by atoms with E-state index >= 15 is 0 Å². The number of carbonyl (C=O) groups is 2. The molecular formula is C13H20O3. The van der Waals surface area contributed by atoms with Crippen LogP contribution in [0.2, 0.25) is 0 Å². The van der Waals surface area contributed by atoms with Gasteiger partial charge in [-0.3, -0.25) is 4.79 Å². The number of rotatable bonds is 2. The predicted molar refractivity (Wildman–Crippen MR) is 61.9 cm³/mol. The van der Waals surface area contributed by atoms with E-state index in [4.69, 9.17) is 0 Å². The van der Waals surface area contributed by atoms with Crippen LogP contribution in [0.15, 0.2) is 12.2 Å². The molecule has 0 radical (unpaired) electrons. The summed E-state index contributed by atoms with van der Waals surface area (Å²) in [5.41, 5.74) is -0.660. The van der Waals surface area contributed by atoms with Gasteiger partial charge in [0.2, 0.25) is 0 Å². The van der Waals surface area contributed by atoms with Gasteiger partial charge in [-0.1, -0.05) is 19.9 Å². The van der Waals surface area contributed by atoms with Crippen LogP contribution in [0.4, 0.5) is 0 Å². The number of methoxy groups -OCH3 is 1.